The summed E-state index contributed by atoms with van der Waals surface area (Å²) >= 11 is 4.71. The molecule has 6 N–H and O–H groups in total. The van der Waals surface area contributed by atoms with Crippen LogP contribution in [0, 0.1) is 0 Å². The molecular formula is C11H17N3O2S. The standard InChI is InChI=1S/C11H17N3O2S/c1-13-6-9(15)10(16)7-2-4-8(5-3-7)14-11(12)17/h2-5,9-10,13,15-16H,6H2,1H3,(H3,12,14,17). The lowest BCUT2D eigenvalue weighted by Crippen LogP contribution is -2.29. The first kappa shape index (κ1) is 13.9. The maximum absolute atomic E-state index is 9.83. The number of anilines is 1. The molecule has 0 radical (unpaired) electrons. The van der Waals surface area contributed by atoms with E-state index in [0.29, 0.717) is 12.1 Å². The molecule has 94 valence electrons. The van der Waals surface area contributed by atoms with Crippen molar-refractivity contribution in [3.05, 3.63) is 29.8 Å². The first-order valence-corrected chi connectivity index (χ1v) is 5.62. The van der Waals surface area contributed by atoms with Crippen molar-refractivity contribution in [2.24, 2.45) is 5.73 Å². The molecule has 6 heteroatoms. The van der Waals surface area contributed by atoms with Crippen LogP contribution in [0.5, 0.6) is 0 Å². The Bertz CT molecular complexity index is 369. The maximum atomic E-state index is 9.83. The highest BCUT2D eigenvalue weighted by Crippen LogP contribution is 2.19. The lowest BCUT2D eigenvalue weighted by molar-refractivity contribution is 0.0202. The van der Waals surface area contributed by atoms with Gasteiger partial charge in [0.1, 0.15) is 6.10 Å². The average molecular weight is 255 g/mol. The third kappa shape index (κ3) is 4.27. The van der Waals surface area contributed by atoms with Gasteiger partial charge in [-0.3, -0.25) is 0 Å². The van der Waals surface area contributed by atoms with Crippen molar-refractivity contribution in [1.82, 2.24) is 5.32 Å². The molecule has 2 atom stereocenters. The van der Waals surface area contributed by atoms with E-state index in [1.54, 1.807) is 31.3 Å². The van der Waals surface area contributed by atoms with Gasteiger partial charge in [0.25, 0.3) is 0 Å². The van der Waals surface area contributed by atoms with E-state index in [1.165, 1.54) is 0 Å². The van der Waals surface area contributed by atoms with Crippen LogP contribution in [0.25, 0.3) is 0 Å². The highest BCUT2D eigenvalue weighted by molar-refractivity contribution is 7.80. The van der Waals surface area contributed by atoms with Gasteiger partial charge in [0.15, 0.2) is 5.11 Å². The van der Waals surface area contributed by atoms with E-state index < -0.39 is 12.2 Å². The summed E-state index contributed by atoms with van der Waals surface area (Å²) in [5.41, 5.74) is 6.72. The van der Waals surface area contributed by atoms with Crippen molar-refractivity contribution in [2.45, 2.75) is 12.2 Å². The van der Waals surface area contributed by atoms with Gasteiger partial charge < -0.3 is 26.6 Å². The first-order chi connectivity index (χ1) is 8.04. The number of rotatable bonds is 5. The van der Waals surface area contributed by atoms with Crippen LogP contribution in [0.3, 0.4) is 0 Å². The van der Waals surface area contributed by atoms with Gasteiger partial charge in [-0.2, -0.15) is 0 Å². The quantitative estimate of drug-likeness (QED) is 0.474. The molecule has 5 nitrogen and oxygen atoms in total. The smallest absolute Gasteiger partial charge is 0.168 e. The minimum absolute atomic E-state index is 0.188. The summed E-state index contributed by atoms with van der Waals surface area (Å²) in [6.07, 6.45) is -1.75. The average Bonchev–Trinajstić information content (AvgIpc) is 2.28. The van der Waals surface area contributed by atoms with Crippen LogP contribution in [-0.2, 0) is 0 Å². The molecule has 0 amide bonds. The second-order valence-corrected chi connectivity index (χ2v) is 4.12. The molecular weight excluding hydrogens is 238 g/mol. The minimum Gasteiger partial charge on any atom is -0.389 e. The van der Waals surface area contributed by atoms with Crippen LogP contribution < -0.4 is 16.4 Å². The SMILES string of the molecule is CNCC(O)C(O)c1ccc(NC(N)=S)cc1. The lowest BCUT2D eigenvalue weighted by Gasteiger charge is -2.18. The molecule has 0 heterocycles. The van der Waals surface area contributed by atoms with Crippen LogP contribution in [-0.4, -0.2) is 35.0 Å². The molecule has 0 aliphatic heterocycles. The van der Waals surface area contributed by atoms with Gasteiger partial charge in [-0.05, 0) is 37.0 Å². The zero-order valence-electron chi connectivity index (χ0n) is 9.55. The fourth-order valence-electron chi connectivity index (χ4n) is 1.45. The zero-order valence-corrected chi connectivity index (χ0v) is 10.4. The normalized spacial score (nSPS) is 14.1. The number of hydrogen-bond acceptors (Lipinski definition) is 4. The van der Waals surface area contributed by atoms with E-state index in [4.69, 9.17) is 18.0 Å². The predicted octanol–water partition coefficient (Wildman–Crippen LogP) is -0.0442. The van der Waals surface area contributed by atoms with Crippen LogP contribution in [0.15, 0.2) is 24.3 Å². The number of aliphatic hydroxyl groups excluding tert-OH is 2. The molecule has 1 aromatic rings. The summed E-state index contributed by atoms with van der Waals surface area (Å²) in [6, 6.07) is 6.90. The lowest BCUT2D eigenvalue weighted by atomic mass is 10.0. The summed E-state index contributed by atoms with van der Waals surface area (Å²) < 4.78 is 0. The maximum Gasteiger partial charge on any atom is 0.168 e. The Balaban J connectivity index is 2.69. The Morgan fingerprint density at radius 3 is 2.41 bits per heavy atom. The summed E-state index contributed by atoms with van der Waals surface area (Å²) in [4.78, 5) is 0. The molecule has 1 rings (SSSR count). The number of nitrogens with two attached hydrogens (primary N) is 1. The Hall–Kier alpha value is -1.21. The van der Waals surface area contributed by atoms with Crippen molar-refractivity contribution >= 4 is 23.0 Å². The predicted molar refractivity (Wildman–Crippen MR) is 71.7 cm³/mol. The molecule has 0 aromatic heterocycles. The second kappa shape index (κ2) is 6.51. The molecule has 17 heavy (non-hydrogen) atoms. The van der Waals surface area contributed by atoms with Crippen molar-refractivity contribution in [1.29, 1.82) is 0 Å². The minimum atomic E-state index is -0.915. The summed E-state index contributed by atoms with van der Waals surface area (Å²) in [7, 11) is 1.71. The highest BCUT2D eigenvalue weighted by Gasteiger charge is 2.17. The van der Waals surface area contributed by atoms with Gasteiger partial charge in [0, 0.05) is 12.2 Å². The van der Waals surface area contributed by atoms with Gasteiger partial charge in [0.05, 0.1) is 6.10 Å². The molecule has 1 aromatic carbocycles. The van der Waals surface area contributed by atoms with E-state index in [2.05, 4.69) is 10.6 Å². The second-order valence-electron chi connectivity index (χ2n) is 3.68. The van der Waals surface area contributed by atoms with Crippen molar-refractivity contribution < 1.29 is 10.2 Å². The van der Waals surface area contributed by atoms with Gasteiger partial charge in [-0.25, -0.2) is 0 Å². The summed E-state index contributed by atoms with van der Waals surface area (Å²) in [5, 5.41) is 25.2. The van der Waals surface area contributed by atoms with Crippen molar-refractivity contribution in [2.75, 3.05) is 18.9 Å². The van der Waals surface area contributed by atoms with Crippen LogP contribution >= 0.6 is 12.2 Å². The topological polar surface area (TPSA) is 90.5 Å². The number of likely N-dealkylation sites (N-methyl/N-ethyl adjacent to an activating group) is 1. The summed E-state index contributed by atoms with van der Waals surface area (Å²) in [6.45, 7) is 0.327. The van der Waals surface area contributed by atoms with Gasteiger partial charge in [0.2, 0.25) is 0 Å². The molecule has 0 spiro atoms. The van der Waals surface area contributed by atoms with Gasteiger partial charge >= 0.3 is 0 Å². The molecule has 0 fully saturated rings. The fourth-order valence-corrected chi connectivity index (χ4v) is 1.57. The Morgan fingerprint density at radius 1 is 1.35 bits per heavy atom. The molecule has 0 aliphatic carbocycles. The number of thiocarbonyl (C=S) groups is 1. The monoisotopic (exact) mass is 255 g/mol. The van der Waals surface area contributed by atoms with Crippen LogP contribution in [0.2, 0.25) is 0 Å². The van der Waals surface area contributed by atoms with Crippen LogP contribution in [0.1, 0.15) is 11.7 Å². The zero-order chi connectivity index (χ0) is 12.8. The third-order valence-electron chi connectivity index (χ3n) is 2.30. The van der Waals surface area contributed by atoms with Crippen molar-refractivity contribution in [3.63, 3.8) is 0 Å². The fraction of sp³-hybridized carbons (Fsp3) is 0.364. The van der Waals surface area contributed by atoms with Crippen LogP contribution in [0.4, 0.5) is 5.69 Å². The molecule has 0 saturated heterocycles. The highest BCUT2D eigenvalue weighted by atomic mass is 32.1. The van der Waals surface area contributed by atoms with E-state index in [9.17, 15) is 10.2 Å². The molecule has 2 unspecified atom stereocenters. The van der Waals surface area contributed by atoms with E-state index in [-0.39, 0.29) is 5.11 Å². The summed E-state index contributed by atoms with van der Waals surface area (Å²) in [5.74, 6) is 0. The number of benzene rings is 1. The number of aliphatic hydroxyl groups is 2. The first-order valence-electron chi connectivity index (χ1n) is 5.21. The van der Waals surface area contributed by atoms with E-state index in [0.717, 1.165) is 5.69 Å². The Kier molecular flexibility index (Phi) is 5.30. The van der Waals surface area contributed by atoms with E-state index in [1.807, 2.05) is 0 Å². The van der Waals surface area contributed by atoms with Gasteiger partial charge in [-0.15, -0.1) is 0 Å². The molecule has 0 bridgehead atoms. The largest absolute Gasteiger partial charge is 0.389 e. The molecule has 0 saturated carbocycles. The van der Waals surface area contributed by atoms with Crippen molar-refractivity contribution in [3.8, 4) is 0 Å². The van der Waals surface area contributed by atoms with E-state index >= 15 is 0 Å². The Morgan fingerprint density at radius 2 is 1.94 bits per heavy atom. The number of hydrogen-bond donors (Lipinski definition) is 5. The third-order valence-corrected chi connectivity index (χ3v) is 2.40. The number of nitrogens with one attached hydrogen (secondary N) is 2. The Labute approximate surface area is 106 Å². The van der Waals surface area contributed by atoms with Gasteiger partial charge in [-0.1, -0.05) is 12.1 Å². The molecule has 0 aliphatic rings.